The van der Waals surface area contributed by atoms with E-state index in [-0.39, 0.29) is 5.75 Å². The zero-order valence-corrected chi connectivity index (χ0v) is 15.2. The second-order valence-corrected chi connectivity index (χ2v) is 6.61. The van der Waals surface area contributed by atoms with Gasteiger partial charge in [0.25, 0.3) is 0 Å². The summed E-state index contributed by atoms with van der Waals surface area (Å²) >= 11 is 0. The van der Waals surface area contributed by atoms with Crippen LogP contribution in [0.1, 0.15) is 0 Å². The van der Waals surface area contributed by atoms with Crippen molar-refractivity contribution < 1.29 is 9.84 Å². The van der Waals surface area contributed by atoms with Gasteiger partial charge in [-0.25, -0.2) is 15.0 Å². The van der Waals surface area contributed by atoms with Gasteiger partial charge in [0.05, 0.1) is 18.8 Å². The lowest BCUT2D eigenvalue weighted by Crippen LogP contribution is -2.37. The van der Waals surface area contributed by atoms with Gasteiger partial charge in [-0.15, -0.1) is 0 Å². The number of aromatic hydroxyl groups is 1. The van der Waals surface area contributed by atoms with E-state index in [4.69, 9.17) is 14.7 Å². The molecule has 7 nitrogen and oxygen atoms in total. The number of phenols is 1. The summed E-state index contributed by atoms with van der Waals surface area (Å²) in [5, 5.41) is 10.3. The van der Waals surface area contributed by atoms with Gasteiger partial charge in [-0.05, 0) is 24.3 Å². The van der Waals surface area contributed by atoms with E-state index in [0.29, 0.717) is 30.2 Å². The number of aromatic nitrogens is 4. The smallest absolute Gasteiger partial charge is 0.170 e. The molecule has 7 heteroatoms. The summed E-state index contributed by atoms with van der Waals surface area (Å²) in [5.74, 6) is 1.39. The van der Waals surface area contributed by atoms with Crippen molar-refractivity contribution in [1.82, 2.24) is 19.5 Å². The maximum Gasteiger partial charge on any atom is 0.170 e. The Labute approximate surface area is 161 Å². The molecule has 28 heavy (non-hydrogen) atoms. The minimum Gasteiger partial charge on any atom is -0.507 e. The van der Waals surface area contributed by atoms with E-state index in [9.17, 15) is 5.11 Å². The van der Waals surface area contributed by atoms with Crippen molar-refractivity contribution in [1.29, 1.82) is 0 Å². The Kier molecular flexibility index (Phi) is 4.14. The molecular formula is C21H19N5O2. The number of imidazole rings is 1. The fourth-order valence-electron chi connectivity index (χ4n) is 3.44. The molecule has 1 fully saturated rings. The first-order valence-corrected chi connectivity index (χ1v) is 9.23. The zero-order valence-electron chi connectivity index (χ0n) is 15.2. The van der Waals surface area contributed by atoms with Gasteiger partial charge < -0.3 is 14.7 Å². The van der Waals surface area contributed by atoms with Crippen molar-refractivity contribution >= 4 is 17.0 Å². The lowest BCUT2D eigenvalue weighted by atomic mass is 10.2. The second-order valence-electron chi connectivity index (χ2n) is 6.61. The topological polar surface area (TPSA) is 76.3 Å². The molecular weight excluding hydrogens is 354 g/mol. The van der Waals surface area contributed by atoms with Crippen LogP contribution < -0.4 is 4.90 Å². The molecule has 2 aromatic heterocycles. The van der Waals surface area contributed by atoms with Crippen LogP contribution in [0.2, 0.25) is 0 Å². The lowest BCUT2D eigenvalue weighted by molar-refractivity contribution is 0.122. The highest BCUT2D eigenvalue weighted by molar-refractivity contribution is 5.87. The summed E-state index contributed by atoms with van der Waals surface area (Å²) in [6.07, 6.45) is 1.77. The van der Waals surface area contributed by atoms with E-state index in [1.54, 1.807) is 18.5 Å². The molecule has 0 spiro atoms. The summed E-state index contributed by atoms with van der Waals surface area (Å²) in [4.78, 5) is 16.3. The SMILES string of the molecule is Oc1ccccc1-c1nc(N2CCOCC2)c2ncn(-c3ccccc3)c2n1. The molecule has 1 aliphatic heterocycles. The maximum absolute atomic E-state index is 10.3. The van der Waals surface area contributed by atoms with E-state index in [2.05, 4.69) is 9.88 Å². The number of ether oxygens (including phenoxy) is 1. The molecule has 1 saturated heterocycles. The van der Waals surface area contributed by atoms with Crippen LogP contribution in [0.25, 0.3) is 28.2 Å². The third kappa shape index (κ3) is 2.86. The third-order valence-electron chi connectivity index (χ3n) is 4.87. The van der Waals surface area contributed by atoms with Gasteiger partial charge in [0.2, 0.25) is 0 Å². The molecule has 3 heterocycles. The van der Waals surface area contributed by atoms with E-state index in [1.807, 2.05) is 47.0 Å². The summed E-state index contributed by atoms with van der Waals surface area (Å²) in [5.41, 5.74) is 3.02. The number of phenolic OH excluding ortho intramolecular Hbond substituents is 1. The molecule has 5 rings (SSSR count). The molecule has 0 aliphatic carbocycles. The standard InChI is InChI=1S/C21H19N5O2/c27-17-9-5-4-8-16(17)19-23-20(25-10-12-28-13-11-25)18-21(24-19)26(14-22-18)15-6-2-1-3-7-15/h1-9,14,27H,10-13H2. The van der Waals surface area contributed by atoms with Crippen LogP contribution in [0.15, 0.2) is 60.9 Å². The van der Waals surface area contributed by atoms with Crippen molar-refractivity contribution in [3.8, 4) is 22.8 Å². The van der Waals surface area contributed by atoms with Gasteiger partial charge in [0.15, 0.2) is 22.8 Å². The van der Waals surface area contributed by atoms with Crippen LogP contribution in [-0.2, 0) is 4.74 Å². The molecule has 0 amide bonds. The van der Waals surface area contributed by atoms with Crippen LogP contribution in [0.3, 0.4) is 0 Å². The van der Waals surface area contributed by atoms with Crippen LogP contribution in [0.5, 0.6) is 5.75 Å². The third-order valence-corrected chi connectivity index (χ3v) is 4.87. The fourth-order valence-corrected chi connectivity index (χ4v) is 3.44. The van der Waals surface area contributed by atoms with Crippen LogP contribution in [0, 0.1) is 0 Å². The molecule has 0 unspecified atom stereocenters. The van der Waals surface area contributed by atoms with Gasteiger partial charge in [-0.3, -0.25) is 4.57 Å². The molecule has 2 aromatic carbocycles. The largest absolute Gasteiger partial charge is 0.507 e. The Morgan fingerprint density at radius 2 is 1.64 bits per heavy atom. The highest BCUT2D eigenvalue weighted by Crippen LogP contribution is 2.32. The molecule has 140 valence electrons. The lowest BCUT2D eigenvalue weighted by Gasteiger charge is -2.28. The summed E-state index contributed by atoms with van der Waals surface area (Å²) in [6, 6.07) is 17.1. The summed E-state index contributed by atoms with van der Waals surface area (Å²) < 4.78 is 7.44. The fraction of sp³-hybridized carbons (Fsp3) is 0.190. The van der Waals surface area contributed by atoms with Crippen LogP contribution in [0.4, 0.5) is 5.82 Å². The molecule has 4 aromatic rings. The van der Waals surface area contributed by atoms with Gasteiger partial charge in [-0.2, -0.15) is 0 Å². The zero-order chi connectivity index (χ0) is 18.9. The number of rotatable bonds is 3. The van der Waals surface area contributed by atoms with Crippen molar-refractivity contribution in [2.24, 2.45) is 0 Å². The Hall–Kier alpha value is -3.45. The number of para-hydroxylation sites is 2. The number of hydrogen-bond donors (Lipinski definition) is 1. The first-order valence-electron chi connectivity index (χ1n) is 9.23. The van der Waals surface area contributed by atoms with Gasteiger partial charge in [0, 0.05) is 18.8 Å². The minimum absolute atomic E-state index is 0.153. The van der Waals surface area contributed by atoms with E-state index in [1.165, 1.54) is 0 Å². The Morgan fingerprint density at radius 1 is 0.893 bits per heavy atom. The molecule has 0 saturated carbocycles. The van der Waals surface area contributed by atoms with Crippen molar-refractivity contribution in [2.75, 3.05) is 31.2 Å². The van der Waals surface area contributed by atoms with Crippen molar-refractivity contribution in [3.05, 3.63) is 60.9 Å². The first kappa shape index (κ1) is 16.7. The Morgan fingerprint density at radius 3 is 2.43 bits per heavy atom. The van der Waals surface area contributed by atoms with Gasteiger partial charge in [-0.1, -0.05) is 30.3 Å². The van der Waals surface area contributed by atoms with Crippen LogP contribution >= 0.6 is 0 Å². The molecule has 0 radical (unpaired) electrons. The van der Waals surface area contributed by atoms with Crippen LogP contribution in [-0.4, -0.2) is 50.9 Å². The van der Waals surface area contributed by atoms with E-state index < -0.39 is 0 Å². The van der Waals surface area contributed by atoms with E-state index >= 15 is 0 Å². The second kappa shape index (κ2) is 6.94. The highest BCUT2D eigenvalue weighted by atomic mass is 16.5. The minimum atomic E-state index is 0.153. The van der Waals surface area contributed by atoms with Gasteiger partial charge in [0.1, 0.15) is 12.1 Å². The first-order chi connectivity index (χ1) is 13.8. The monoisotopic (exact) mass is 373 g/mol. The molecule has 1 aliphatic rings. The quantitative estimate of drug-likeness (QED) is 0.595. The average molecular weight is 373 g/mol. The predicted molar refractivity (Wildman–Crippen MR) is 107 cm³/mol. The Bertz CT molecular complexity index is 1120. The Balaban J connectivity index is 1.75. The number of hydrogen-bond acceptors (Lipinski definition) is 6. The summed E-state index contributed by atoms with van der Waals surface area (Å²) in [7, 11) is 0. The average Bonchev–Trinajstić information content (AvgIpc) is 3.19. The molecule has 1 N–H and O–H groups in total. The normalized spacial score (nSPS) is 14.5. The van der Waals surface area contributed by atoms with E-state index in [0.717, 1.165) is 30.1 Å². The number of fused-ring (bicyclic) bond motifs is 1. The number of benzene rings is 2. The molecule has 0 bridgehead atoms. The summed E-state index contributed by atoms with van der Waals surface area (Å²) in [6.45, 7) is 2.78. The highest BCUT2D eigenvalue weighted by Gasteiger charge is 2.22. The number of anilines is 1. The van der Waals surface area contributed by atoms with Crippen molar-refractivity contribution in [3.63, 3.8) is 0 Å². The maximum atomic E-state index is 10.3. The predicted octanol–water partition coefficient (Wildman–Crippen LogP) is 3.02. The van der Waals surface area contributed by atoms with Gasteiger partial charge >= 0.3 is 0 Å². The number of morpholine rings is 1. The van der Waals surface area contributed by atoms with Crippen molar-refractivity contribution in [2.45, 2.75) is 0 Å². The molecule has 0 atom stereocenters. The number of nitrogens with zero attached hydrogens (tertiary/aromatic N) is 5.